The van der Waals surface area contributed by atoms with E-state index >= 15 is 0 Å². The van der Waals surface area contributed by atoms with Crippen molar-refractivity contribution in [3.8, 4) is 5.75 Å². The molecule has 1 aliphatic rings. The van der Waals surface area contributed by atoms with Crippen molar-refractivity contribution in [2.75, 3.05) is 31.0 Å². The highest BCUT2D eigenvalue weighted by molar-refractivity contribution is 6.34. The zero-order chi connectivity index (χ0) is 15.9. The Labute approximate surface area is 128 Å². The van der Waals surface area contributed by atoms with Crippen molar-refractivity contribution in [2.24, 2.45) is 0 Å². The number of hydrogen-bond acceptors (Lipinski definition) is 4. The van der Waals surface area contributed by atoms with Crippen LogP contribution in [0.15, 0.2) is 42.5 Å². The lowest BCUT2D eigenvalue weighted by atomic mass is 10.1. The van der Waals surface area contributed by atoms with Gasteiger partial charge in [-0.3, -0.25) is 9.59 Å². The number of anilines is 2. The number of nitrogens with zero attached hydrogens (tertiary/aromatic N) is 2. The van der Waals surface area contributed by atoms with E-state index in [9.17, 15) is 9.59 Å². The number of carbonyl (C=O) groups excluding carboxylic acids is 2. The summed E-state index contributed by atoms with van der Waals surface area (Å²) in [6.45, 7) is 0. The molecular weight excluding hydrogens is 280 g/mol. The Hall–Kier alpha value is -2.82. The molecule has 22 heavy (non-hydrogen) atoms. The number of imide groups is 1. The Morgan fingerprint density at radius 2 is 1.55 bits per heavy atom. The van der Waals surface area contributed by atoms with Gasteiger partial charge in [0.1, 0.15) is 5.75 Å². The maximum absolute atomic E-state index is 12.5. The van der Waals surface area contributed by atoms with Gasteiger partial charge < -0.3 is 9.64 Å². The van der Waals surface area contributed by atoms with E-state index in [1.165, 1.54) is 4.90 Å². The van der Waals surface area contributed by atoms with Crippen LogP contribution >= 0.6 is 0 Å². The number of fused-ring (bicyclic) bond motifs is 1. The van der Waals surface area contributed by atoms with Gasteiger partial charge in [-0.1, -0.05) is 12.1 Å². The SMILES string of the molecule is COc1cc(N2C(=O)c3ccccc3C2=O)ccc1N(C)C. The first-order valence-electron chi connectivity index (χ1n) is 6.87. The molecular formula is C17H16N2O3. The van der Waals surface area contributed by atoms with E-state index in [0.29, 0.717) is 22.6 Å². The van der Waals surface area contributed by atoms with Crippen molar-refractivity contribution >= 4 is 23.2 Å². The van der Waals surface area contributed by atoms with Gasteiger partial charge in [-0.05, 0) is 24.3 Å². The Morgan fingerprint density at radius 3 is 2.05 bits per heavy atom. The maximum Gasteiger partial charge on any atom is 0.266 e. The van der Waals surface area contributed by atoms with Crippen LogP contribution in [0.1, 0.15) is 20.7 Å². The third-order valence-corrected chi connectivity index (χ3v) is 3.70. The highest BCUT2D eigenvalue weighted by Gasteiger charge is 2.36. The van der Waals surface area contributed by atoms with Crippen LogP contribution in [0.4, 0.5) is 11.4 Å². The van der Waals surface area contributed by atoms with Gasteiger partial charge in [-0.15, -0.1) is 0 Å². The molecule has 0 aliphatic carbocycles. The van der Waals surface area contributed by atoms with E-state index in [4.69, 9.17) is 4.74 Å². The van der Waals surface area contributed by atoms with Crippen molar-refractivity contribution in [1.82, 2.24) is 0 Å². The van der Waals surface area contributed by atoms with E-state index < -0.39 is 0 Å². The number of rotatable bonds is 3. The summed E-state index contributed by atoms with van der Waals surface area (Å²) in [4.78, 5) is 28.1. The minimum Gasteiger partial charge on any atom is -0.495 e. The van der Waals surface area contributed by atoms with Gasteiger partial charge in [0, 0.05) is 20.2 Å². The summed E-state index contributed by atoms with van der Waals surface area (Å²) >= 11 is 0. The first-order chi connectivity index (χ1) is 10.5. The Morgan fingerprint density at radius 1 is 0.955 bits per heavy atom. The zero-order valence-electron chi connectivity index (χ0n) is 12.7. The van der Waals surface area contributed by atoms with Gasteiger partial charge in [-0.25, -0.2) is 4.90 Å². The third-order valence-electron chi connectivity index (χ3n) is 3.70. The number of benzene rings is 2. The predicted octanol–water partition coefficient (Wildman–Crippen LogP) is 2.56. The zero-order valence-corrected chi connectivity index (χ0v) is 12.7. The molecule has 112 valence electrons. The van der Waals surface area contributed by atoms with Gasteiger partial charge in [0.15, 0.2) is 0 Å². The van der Waals surface area contributed by atoms with E-state index in [0.717, 1.165) is 5.69 Å². The molecule has 0 unspecified atom stereocenters. The second-order valence-corrected chi connectivity index (χ2v) is 5.24. The normalized spacial score (nSPS) is 13.3. The number of methoxy groups -OCH3 is 1. The average molecular weight is 296 g/mol. The third kappa shape index (κ3) is 2.02. The molecule has 3 rings (SSSR count). The summed E-state index contributed by atoms with van der Waals surface area (Å²) < 4.78 is 5.36. The molecule has 0 spiro atoms. The van der Waals surface area contributed by atoms with E-state index in [1.54, 1.807) is 43.5 Å². The van der Waals surface area contributed by atoms with Crippen LogP contribution in [0.2, 0.25) is 0 Å². The van der Waals surface area contributed by atoms with Crippen LogP contribution in [-0.4, -0.2) is 33.0 Å². The quantitative estimate of drug-likeness (QED) is 0.817. The van der Waals surface area contributed by atoms with Crippen LogP contribution in [-0.2, 0) is 0 Å². The second-order valence-electron chi connectivity index (χ2n) is 5.24. The summed E-state index contributed by atoms with van der Waals surface area (Å²) in [7, 11) is 5.37. The van der Waals surface area contributed by atoms with Gasteiger partial charge in [0.25, 0.3) is 11.8 Å². The molecule has 1 aliphatic heterocycles. The second kappa shape index (κ2) is 5.18. The molecule has 1 heterocycles. The van der Waals surface area contributed by atoms with E-state index in [-0.39, 0.29) is 11.8 Å². The molecule has 0 saturated carbocycles. The molecule has 0 saturated heterocycles. The number of amides is 2. The van der Waals surface area contributed by atoms with Crippen molar-refractivity contribution in [1.29, 1.82) is 0 Å². The molecule has 2 aromatic carbocycles. The first-order valence-corrected chi connectivity index (χ1v) is 6.87. The molecule has 2 amide bonds. The summed E-state index contributed by atoms with van der Waals surface area (Å²) in [5.74, 6) is -0.000400. The first kappa shape index (κ1) is 14.1. The summed E-state index contributed by atoms with van der Waals surface area (Å²) in [5, 5.41) is 0. The summed E-state index contributed by atoms with van der Waals surface area (Å²) in [6, 6.07) is 12.1. The van der Waals surface area contributed by atoms with Crippen LogP contribution in [0.5, 0.6) is 5.75 Å². The molecule has 2 aromatic rings. The summed E-state index contributed by atoms with van der Waals surface area (Å²) in [6.07, 6.45) is 0. The van der Waals surface area contributed by atoms with E-state index in [1.807, 2.05) is 25.1 Å². The lowest BCUT2D eigenvalue weighted by Crippen LogP contribution is -2.29. The lowest BCUT2D eigenvalue weighted by molar-refractivity contribution is 0.0926. The Bertz CT molecular complexity index is 733. The predicted molar refractivity (Wildman–Crippen MR) is 84.9 cm³/mol. The van der Waals surface area contributed by atoms with Crippen LogP contribution in [0.25, 0.3) is 0 Å². The fourth-order valence-corrected chi connectivity index (χ4v) is 2.60. The molecule has 5 heteroatoms. The minimum absolute atomic E-state index is 0.305. The number of carbonyl (C=O) groups is 2. The fraction of sp³-hybridized carbons (Fsp3) is 0.176. The molecule has 0 radical (unpaired) electrons. The minimum atomic E-state index is -0.305. The van der Waals surface area contributed by atoms with Crippen molar-refractivity contribution in [3.05, 3.63) is 53.6 Å². The van der Waals surface area contributed by atoms with Crippen molar-refractivity contribution < 1.29 is 14.3 Å². The molecule has 0 N–H and O–H groups in total. The maximum atomic E-state index is 12.5. The van der Waals surface area contributed by atoms with Gasteiger partial charge in [0.2, 0.25) is 0 Å². The number of hydrogen-bond donors (Lipinski definition) is 0. The lowest BCUT2D eigenvalue weighted by Gasteiger charge is -2.20. The van der Waals surface area contributed by atoms with Crippen LogP contribution in [0, 0.1) is 0 Å². The van der Waals surface area contributed by atoms with Crippen molar-refractivity contribution in [3.63, 3.8) is 0 Å². The Balaban J connectivity index is 2.06. The number of ether oxygens (including phenoxy) is 1. The molecule has 0 bridgehead atoms. The van der Waals surface area contributed by atoms with Gasteiger partial charge in [-0.2, -0.15) is 0 Å². The summed E-state index contributed by atoms with van der Waals surface area (Å²) in [5.41, 5.74) is 2.25. The fourth-order valence-electron chi connectivity index (χ4n) is 2.60. The average Bonchev–Trinajstić information content (AvgIpc) is 2.78. The highest BCUT2D eigenvalue weighted by atomic mass is 16.5. The molecule has 0 atom stereocenters. The van der Waals surface area contributed by atoms with Crippen LogP contribution in [0.3, 0.4) is 0 Å². The standard InChI is InChI=1S/C17H16N2O3/c1-18(2)14-9-8-11(10-15(14)22-3)19-16(20)12-6-4-5-7-13(12)17(19)21/h4-10H,1-3H3. The topological polar surface area (TPSA) is 49.9 Å². The van der Waals surface area contributed by atoms with Crippen molar-refractivity contribution in [2.45, 2.75) is 0 Å². The van der Waals surface area contributed by atoms with Gasteiger partial charge in [0.05, 0.1) is 29.6 Å². The van der Waals surface area contributed by atoms with Gasteiger partial charge >= 0.3 is 0 Å². The van der Waals surface area contributed by atoms with E-state index in [2.05, 4.69) is 0 Å². The molecule has 0 fully saturated rings. The smallest absolute Gasteiger partial charge is 0.266 e. The highest BCUT2D eigenvalue weighted by Crippen LogP contribution is 2.35. The van der Waals surface area contributed by atoms with Crippen LogP contribution < -0.4 is 14.5 Å². The molecule has 5 nitrogen and oxygen atoms in total. The Kier molecular flexibility index (Phi) is 3.33. The largest absolute Gasteiger partial charge is 0.495 e. The molecule has 0 aromatic heterocycles. The monoisotopic (exact) mass is 296 g/mol.